The number of nitro groups is 1. The van der Waals surface area contributed by atoms with Crippen molar-refractivity contribution >= 4 is 23.0 Å². The van der Waals surface area contributed by atoms with Crippen LogP contribution in [0.15, 0.2) is 42.5 Å². The highest BCUT2D eigenvalue weighted by molar-refractivity contribution is 5.93. The number of amides is 1. The summed E-state index contributed by atoms with van der Waals surface area (Å²) in [6, 6.07) is 12.4. The van der Waals surface area contributed by atoms with Crippen molar-refractivity contribution in [2.75, 3.05) is 50.1 Å². The molecule has 1 amide bonds. The van der Waals surface area contributed by atoms with Crippen LogP contribution in [-0.4, -0.2) is 55.6 Å². The molecule has 0 radical (unpaired) electrons. The Balaban J connectivity index is 1.50. The van der Waals surface area contributed by atoms with E-state index >= 15 is 0 Å². The molecule has 1 aliphatic rings. The predicted molar refractivity (Wildman–Crippen MR) is 108 cm³/mol. The predicted octanol–water partition coefficient (Wildman–Crippen LogP) is 2.67. The van der Waals surface area contributed by atoms with Gasteiger partial charge in [-0.05, 0) is 42.8 Å². The molecule has 1 saturated heterocycles. The van der Waals surface area contributed by atoms with Gasteiger partial charge in [-0.25, -0.2) is 0 Å². The Morgan fingerprint density at radius 2 is 1.82 bits per heavy atom. The zero-order valence-corrected chi connectivity index (χ0v) is 16.1. The number of non-ortho nitro benzene ring substituents is 1. The normalized spacial score (nSPS) is 14.6. The third-order valence-electron chi connectivity index (χ3n) is 4.87. The van der Waals surface area contributed by atoms with E-state index < -0.39 is 4.92 Å². The first-order valence-electron chi connectivity index (χ1n) is 9.12. The number of anilines is 2. The largest absolute Gasteiger partial charge is 0.497 e. The van der Waals surface area contributed by atoms with E-state index in [-0.39, 0.29) is 11.6 Å². The number of hydrogen-bond acceptors (Lipinski definition) is 6. The van der Waals surface area contributed by atoms with Gasteiger partial charge in [0.2, 0.25) is 5.91 Å². The number of ether oxygens (including phenoxy) is 1. The van der Waals surface area contributed by atoms with Crippen molar-refractivity contribution in [2.45, 2.75) is 6.92 Å². The van der Waals surface area contributed by atoms with Crippen molar-refractivity contribution in [2.24, 2.45) is 0 Å². The van der Waals surface area contributed by atoms with Gasteiger partial charge in [-0.15, -0.1) is 0 Å². The van der Waals surface area contributed by atoms with E-state index in [9.17, 15) is 14.9 Å². The summed E-state index contributed by atoms with van der Waals surface area (Å²) < 4.78 is 5.19. The molecule has 2 aromatic carbocycles. The van der Waals surface area contributed by atoms with Crippen LogP contribution in [0.3, 0.4) is 0 Å². The molecule has 2 aromatic rings. The average molecular weight is 384 g/mol. The van der Waals surface area contributed by atoms with Crippen molar-refractivity contribution in [3.8, 4) is 5.75 Å². The van der Waals surface area contributed by atoms with E-state index in [2.05, 4.69) is 15.1 Å². The fraction of sp³-hybridized carbons (Fsp3) is 0.350. The quantitative estimate of drug-likeness (QED) is 0.609. The minimum absolute atomic E-state index is 0.0187. The number of aryl methyl sites for hydroxylation is 1. The lowest BCUT2D eigenvalue weighted by Crippen LogP contribution is -2.48. The highest BCUT2D eigenvalue weighted by Crippen LogP contribution is 2.22. The second kappa shape index (κ2) is 8.71. The van der Waals surface area contributed by atoms with Crippen molar-refractivity contribution < 1.29 is 14.5 Å². The molecule has 0 saturated carbocycles. The molecule has 8 heteroatoms. The molecule has 1 aliphatic heterocycles. The number of carbonyl (C=O) groups is 1. The summed E-state index contributed by atoms with van der Waals surface area (Å²) in [7, 11) is 1.65. The fourth-order valence-electron chi connectivity index (χ4n) is 3.25. The highest BCUT2D eigenvalue weighted by Gasteiger charge is 2.20. The van der Waals surface area contributed by atoms with Crippen molar-refractivity contribution in [3.63, 3.8) is 0 Å². The van der Waals surface area contributed by atoms with E-state index in [1.807, 2.05) is 24.3 Å². The standard InChI is InChI=1S/C20H24N4O4/c1-15-13-17(24(26)27)5-8-19(15)21-20(25)14-22-9-11-23(12-10-22)16-3-6-18(28-2)7-4-16/h3-8,13H,9-12,14H2,1-2H3,(H,21,25). The first-order valence-corrected chi connectivity index (χ1v) is 9.12. The lowest BCUT2D eigenvalue weighted by atomic mass is 10.2. The molecular weight excluding hydrogens is 360 g/mol. The number of nitrogens with zero attached hydrogens (tertiary/aromatic N) is 3. The Morgan fingerprint density at radius 3 is 2.39 bits per heavy atom. The zero-order chi connectivity index (χ0) is 20.1. The van der Waals surface area contributed by atoms with Crippen molar-refractivity contribution in [1.29, 1.82) is 0 Å². The molecule has 0 atom stereocenters. The van der Waals surface area contributed by atoms with E-state index in [0.29, 0.717) is 17.8 Å². The van der Waals surface area contributed by atoms with E-state index in [4.69, 9.17) is 4.74 Å². The van der Waals surface area contributed by atoms with E-state index in [1.165, 1.54) is 12.1 Å². The molecule has 1 heterocycles. The van der Waals surface area contributed by atoms with Crippen LogP contribution in [0.5, 0.6) is 5.75 Å². The van der Waals surface area contributed by atoms with Crippen LogP contribution in [0.2, 0.25) is 0 Å². The maximum atomic E-state index is 12.4. The molecule has 0 aromatic heterocycles. The fourth-order valence-corrected chi connectivity index (χ4v) is 3.25. The molecule has 0 bridgehead atoms. The van der Waals surface area contributed by atoms with Gasteiger partial charge < -0.3 is 15.0 Å². The minimum atomic E-state index is -0.444. The van der Waals surface area contributed by atoms with Gasteiger partial charge in [-0.1, -0.05) is 0 Å². The Labute approximate surface area is 163 Å². The van der Waals surface area contributed by atoms with Gasteiger partial charge >= 0.3 is 0 Å². The lowest BCUT2D eigenvalue weighted by Gasteiger charge is -2.35. The van der Waals surface area contributed by atoms with Gasteiger partial charge in [-0.2, -0.15) is 0 Å². The van der Waals surface area contributed by atoms with E-state index in [0.717, 1.165) is 37.6 Å². The summed E-state index contributed by atoms with van der Waals surface area (Å²) in [6.07, 6.45) is 0. The lowest BCUT2D eigenvalue weighted by molar-refractivity contribution is -0.384. The Bertz CT molecular complexity index is 846. The SMILES string of the molecule is COc1ccc(N2CCN(CC(=O)Nc3ccc([N+](=O)[O-])cc3C)CC2)cc1. The number of nitro benzene ring substituents is 1. The number of piperazine rings is 1. The zero-order valence-electron chi connectivity index (χ0n) is 16.1. The maximum absolute atomic E-state index is 12.4. The van der Waals surface area contributed by atoms with Crippen LogP contribution in [0.25, 0.3) is 0 Å². The van der Waals surface area contributed by atoms with Crippen LogP contribution < -0.4 is 15.0 Å². The Hall–Kier alpha value is -3.13. The Morgan fingerprint density at radius 1 is 1.14 bits per heavy atom. The van der Waals surface area contributed by atoms with Gasteiger partial charge in [0.25, 0.3) is 5.69 Å². The van der Waals surface area contributed by atoms with Crippen LogP contribution in [0, 0.1) is 17.0 Å². The average Bonchev–Trinajstić information content (AvgIpc) is 2.70. The molecule has 0 unspecified atom stereocenters. The summed E-state index contributed by atoms with van der Waals surface area (Å²) >= 11 is 0. The molecule has 1 N–H and O–H groups in total. The van der Waals surface area contributed by atoms with Crippen LogP contribution in [-0.2, 0) is 4.79 Å². The molecule has 0 aliphatic carbocycles. The summed E-state index contributed by atoms with van der Waals surface area (Å²) in [4.78, 5) is 27.1. The molecule has 3 rings (SSSR count). The third kappa shape index (κ3) is 4.77. The topological polar surface area (TPSA) is 88.0 Å². The van der Waals surface area contributed by atoms with Crippen LogP contribution in [0.1, 0.15) is 5.56 Å². The number of hydrogen-bond donors (Lipinski definition) is 1. The summed E-state index contributed by atoms with van der Waals surface area (Å²) in [5.41, 5.74) is 2.44. The monoisotopic (exact) mass is 384 g/mol. The van der Waals surface area contributed by atoms with Gasteiger partial charge in [0, 0.05) is 49.7 Å². The first-order chi connectivity index (χ1) is 13.5. The second-order valence-electron chi connectivity index (χ2n) is 6.77. The number of methoxy groups -OCH3 is 1. The van der Waals surface area contributed by atoms with Gasteiger partial charge in [0.15, 0.2) is 0 Å². The van der Waals surface area contributed by atoms with Crippen molar-refractivity contribution in [1.82, 2.24) is 4.90 Å². The minimum Gasteiger partial charge on any atom is -0.497 e. The smallest absolute Gasteiger partial charge is 0.269 e. The molecule has 8 nitrogen and oxygen atoms in total. The number of carbonyl (C=O) groups excluding carboxylic acids is 1. The summed E-state index contributed by atoms with van der Waals surface area (Å²) in [5.74, 6) is 0.718. The summed E-state index contributed by atoms with van der Waals surface area (Å²) in [5, 5.41) is 13.7. The molecule has 28 heavy (non-hydrogen) atoms. The molecule has 148 valence electrons. The van der Waals surface area contributed by atoms with Crippen LogP contribution >= 0.6 is 0 Å². The van der Waals surface area contributed by atoms with Gasteiger partial charge in [0.1, 0.15) is 5.75 Å². The number of benzene rings is 2. The molecule has 0 spiro atoms. The summed E-state index contributed by atoms with van der Waals surface area (Å²) in [6.45, 7) is 5.31. The second-order valence-corrected chi connectivity index (χ2v) is 6.77. The van der Waals surface area contributed by atoms with Gasteiger partial charge in [-0.3, -0.25) is 19.8 Å². The third-order valence-corrected chi connectivity index (χ3v) is 4.87. The van der Waals surface area contributed by atoms with Crippen molar-refractivity contribution in [3.05, 3.63) is 58.1 Å². The van der Waals surface area contributed by atoms with Gasteiger partial charge in [0.05, 0.1) is 18.6 Å². The number of rotatable bonds is 6. The molecular formula is C20H24N4O4. The van der Waals surface area contributed by atoms with Crippen LogP contribution in [0.4, 0.5) is 17.1 Å². The highest BCUT2D eigenvalue weighted by atomic mass is 16.6. The molecule has 1 fully saturated rings. The van der Waals surface area contributed by atoms with E-state index in [1.54, 1.807) is 20.1 Å². The first kappa shape index (κ1) is 19.6. The number of nitrogens with one attached hydrogen (secondary N) is 1. The maximum Gasteiger partial charge on any atom is 0.269 e. The Kier molecular flexibility index (Phi) is 6.10.